The first-order chi connectivity index (χ1) is 7.24. The SMILES string of the molecule is CNCCc1cccc2c1N(C)C(C)C2. The summed E-state index contributed by atoms with van der Waals surface area (Å²) in [5, 5.41) is 3.21. The van der Waals surface area contributed by atoms with Crippen LogP contribution < -0.4 is 10.2 Å². The number of benzene rings is 1. The van der Waals surface area contributed by atoms with Gasteiger partial charge in [-0.2, -0.15) is 0 Å². The van der Waals surface area contributed by atoms with E-state index in [4.69, 9.17) is 0 Å². The lowest BCUT2D eigenvalue weighted by Crippen LogP contribution is -2.25. The largest absolute Gasteiger partial charge is 0.371 e. The lowest BCUT2D eigenvalue weighted by molar-refractivity contribution is 0.728. The fourth-order valence-corrected chi connectivity index (χ4v) is 2.40. The van der Waals surface area contributed by atoms with Crippen molar-refractivity contribution >= 4 is 5.69 Å². The molecule has 82 valence electrons. The van der Waals surface area contributed by atoms with Crippen LogP contribution in [-0.4, -0.2) is 26.7 Å². The Kier molecular flexibility index (Phi) is 2.96. The highest BCUT2D eigenvalue weighted by Gasteiger charge is 2.24. The summed E-state index contributed by atoms with van der Waals surface area (Å²) in [5.41, 5.74) is 4.47. The second-order valence-corrected chi connectivity index (χ2v) is 4.44. The molecule has 0 saturated carbocycles. The molecule has 15 heavy (non-hydrogen) atoms. The van der Waals surface area contributed by atoms with Crippen LogP contribution in [0.4, 0.5) is 5.69 Å². The first-order valence-electron chi connectivity index (χ1n) is 5.72. The van der Waals surface area contributed by atoms with Gasteiger partial charge in [-0.3, -0.25) is 0 Å². The van der Waals surface area contributed by atoms with Crippen LogP contribution in [0.2, 0.25) is 0 Å². The van der Waals surface area contributed by atoms with Gasteiger partial charge in [0, 0.05) is 18.8 Å². The van der Waals surface area contributed by atoms with Crippen molar-refractivity contribution < 1.29 is 0 Å². The number of anilines is 1. The van der Waals surface area contributed by atoms with Gasteiger partial charge in [0.15, 0.2) is 0 Å². The molecule has 0 aromatic heterocycles. The second kappa shape index (κ2) is 4.23. The number of hydrogen-bond donors (Lipinski definition) is 1. The molecule has 2 rings (SSSR count). The molecule has 0 spiro atoms. The summed E-state index contributed by atoms with van der Waals surface area (Å²) in [7, 11) is 4.22. The van der Waals surface area contributed by atoms with E-state index in [0.29, 0.717) is 6.04 Å². The molecule has 1 aromatic carbocycles. The van der Waals surface area contributed by atoms with Crippen molar-refractivity contribution in [1.82, 2.24) is 5.32 Å². The van der Waals surface area contributed by atoms with Crippen LogP contribution in [0.1, 0.15) is 18.1 Å². The maximum absolute atomic E-state index is 3.21. The van der Waals surface area contributed by atoms with Gasteiger partial charge in [0.2, 0.25) is 0 Å². The molecule has 0 radical (unpaired) electrons. The van der Waals surface area contributed by atoms with Gasteiger partial charge in [0.05, 0.1) is 0 Å². The average Bonchev–Trinajstić information content (AvgIpc) is 2.53. The van der Waals surface area contributed by atoms with Gasteiger partial charge in [-0.25, -0.2) is 0 Å². The van der Waals surface area contributed by atoms with E-state index in [0.717, 1.165) is 13.0 Å². The molecular formula is C13H20N2. The lowest BCUT2D eigenvalue weighted by Gasteiger charge is -2.21. The number of fused-ring (bicyclic) bond motifs is 1. The topological polar surface area (TPSA) is 15.3 Å². The Hall–Kier alpha value is -1.02. The third kappa shape index (κ3) is 1.86. The Bertz CT molecular complexity index is 346. The zero-order valence-corrected chi connectivity index (χ0v) is 9.88. The minimum Gasteiger partial charge on any atom is -0.371 e. The van der Waals surface area contributed by atoms with Gasteiger partial charge in [0.1, 0.15) is 0 Å². The highest BCUT2D eigenvalue weighted by atomic mass is 15.2. The smallest absolute Gasteiger partial charge is 0.0432 e. The van der Waals surface area contributed by atoms with E-state index >= 15 is 0 Å². The maximum atomic E-state index is 3.21. The Morgan fingerprint density at radius 1 is 1.47 bits per heavy atom. The Balaban J connectivity index is 2.30. The maximum Gasteiger partial charge on any atom is 0.0432 e. The van der Waals surface area contributed by atoms with E-state index in [9.17, 15) is 0 Å². The van der Waals surface area contributed by atoms with Gasteiger partial charge in [0.25, 0.3) is 0 Å². The minimum atomic E-state index is 0.649. The van der Waals surface area contributed by atoms with Gasteiger partial charge in [-0.15, -0.1) is 0 Å². The molecule has 0 bridgehead atoms. The highest BCUT2D eigenvalue weighted by molar-refractivity contribution is 5.64. The van der Waals surface area contributed by atoms with Gasteiger partial charge < -0.3 is 10.2 Å². The molecular weight excluding hydrogens is 184 g/mol. The molecule has 2 heteroatoms. The minimum absolute atomic E-state index is 0.649. The first kappa shape index (κ1) is 10.5. The molecule has 1 aliphatic rings. The number of nitrogens with one attached hydrogen (secondary N) is 1. The number of rotatable bonds is 3. The van der Waals surface area contributed by atoms with Crippen LogP contribution >= 0.6 is 0 Å². The van der Waals surface area contributed by atoms with E-state index in [2.05, 4.69) is 42.4 Å². The summed E-state index contributed by atoms with van der Waals surface area (Å²) in [6, 6.07) is 7.36. The van der Waals surface area contributed by atoms with E-state index in [1.165, 1.54) is 23.2 Å². The fourth-order valence-electron chi connectivity index (χ4n) is 2.40. The van der Waals surface area contributed by atoms with E-state index in [1.54, 1.807) is 0 Å². The van der Waals surface area contributed by atoms with Gasteiger partial charge in [-0.05, 0) is 44.5 Å². The molecule has 0 amide bonds. The summed E-state index contributed by atoms with van der Waals surface area (Å²) in [6.45, 7) is 3.35. The number of nitrogens with zero attached hydrogens (tertiary/aromatic N) is 1. The van der Waals surface area contributed by atoms with Crippen LogP contribution in [0.25, 0.3) is 0 Å². The lowest BCUT2D eigenvalue weighted by atomic mass is 10.0. The predicted octanol–water partition coefficient (Wildman–Crippen LogP) is 1.83. The molecule has 0 fully saturated rings. The van der Waals surface area contributed by atoms with Crippen molar-refractivity contribution in [2.45, 2.75) is 25.8 Å². The predicted molar refractivity (Wildman–Crippen MR) is 65.6 cm³/mol. The zero-order valence-electron chi connectivity index (χ0n) is 9.88. The van der Waals surface area contributed by atoms with E-state index in [-0.39, 0.29) is 0 Å². The Morgan fingerprint density at radius 2 is 2.27 bits per heavy atom. The number of likely N-dealkylation sites (N-methyl/N-ethyl adjacent to an activating group) is 2. The summed E-state index contributed by atoms with van der Waals surface area (Å²) >= 11 is 0. The van der Waals surface area contributed by atoms with E-state index < -0.39 is 0 Å². The number of hydrogen-bond acceptors (Lipinski definition) is 2. The highest BCUT2D eigenvalue weighted by Crippen LogP contribution is 2.34. The van der Waals surface area contributed by atoms with Crippen LogP contribution in [0.15, 0.2) is 18.2 Å². The summed E-state index contributed by atoms with van der Waals surface area (Å²) in [4.78, 5) is 2.42. The van der Waals surface area contributed by atoms with Crippen molar-refractivity contribution in [3.05, 3.63) is 29.3 Å². The summed E-state index contributed by atoms with van der Waals surface area (Å²) in [5.74, 6) is 0. The van der Waals surface area contributed by atoms with Crippen molar-refractivity contribution in [3.63, 3.8) is 0 Å². The van der Waals surface area contributed by atoms with Crippen LogP contribution in [0, 0.1) is 0 Å². The Labute approximate surface area is 92.3 Å². The zero-order chi connectivity index (χ0) is 10.8. The molecule has 1 N–H and O–H groups in total. The van der Waals surface area contributed by atoms with Gasteiger partial charge >= 0.3 is 0 Å². The quantitative estimate of drug-likeness (QED) is 0.808. The molecule has 1 aliphatic heterocycles. The molecule has 1 atom stereocenters. The number of para-hydroxylation sites is 1. The molecule has 1 heterocycles. The van der Waals surface area contributed by atoms with Crippen LogP contribution in [0.5, 0.6) is 0 Å². The third-order valence-electron chi connectivity index (χ3n) is 3.38. The summed E-state index contributed by atoms with van der Waals surface area (Å²) in [6.07, 6.45) is 2.32. The first-order valence-corrected chi connectivity index (χ1v) is 5.72. The van der Waals surface area contributed by atoms with Crippen LogP contribution in [-0.2, 0) is 12.8 Å². The van der Waals surface area contributed by atoms with Crippen molar-refractivity contribution in [2.24, 2.45) is 0 Å². The van der Waals surface area contributed by atoms with Crippen molar-refractivity contribution in [1.29, 1.82) is 0 Å². The third-order valence-corrected chi connectivity index (χ3v) is 3.38. The standard InChI is InChI=1S/C13H20N2/c1-10-9-12-6-4-5-11(7-8-14-2)13(12)15(10)3/h4-6,10,14H,7-9H2,1-3H3. The molecule has 0 aliphatic carbocycles. The Morgan fingerprint density at radius 3 is 3.00 bits per heavy atom. The monoisotopic (exact) mass is 204 g/mol. The fraction of sp³-hybridized carbons (Fsp3) is 0.538. The van der Waals surface area contributed by atoms with Crippen molar-refractivity contribution in [3.8, 4) is 0 Å². The molecule has 1 unspecified atom stereocenters. The van der Waals surface area contributed by atoms with Gasteiger partial charge in [-0.1, -0.05) is 18.2 Å². The second-order valence-electron chi connectivity index (χ2n) is 4.44. The summed E-state index contributed by atoms with van der Waals surface area (Å²) < 4.78 is 0. The van der Waals surface area contributed by atoms with Crippen LogP contribution in [0.3, 0.4) is 0 Å². The normalized spacial score (nSPS) is 19.4. The average molecular weight is 204 g/mol. The molecule has 0 saturated heterocycles. The van der Waals surface area contributed by atoms with Crippen molar-refractivity contribution in [2.75, 3.05) is 25.5 Å². The van der Waals surface area contributed by atoms with E-state index in [1.807, 2.05) is 7.05 Å². The molecule has 2 nitrogen and oxygen atoms in total. The molecule has 1 aromatic rings.